The third kappa shape index (κ3) is 3.73. The molecule has 2 aliphatic rings. The lowest BCUT2D eigenvalue weighted by atomic mass is 9.66. The summed E-state index contributed by atoms with van der Waals surface area (Å²) in [6.07, 6.45) is 6.32. The molecule has 8 aromatic carbocycles. The van der Waals surface area contributed by atoms with Gasteiger partial charge in [-0.2, -0.15) is 0 Å². The van der Waals surface area contributed by atoms with Crippen molar-refractivity contribution >= 4 is 54.5 Å². The molecule has 0 spiro atoms. The molecule has 1 fully saturated rings. The third-order valence-corrected chi connectivity index (χ3v) is 12.4. The lowest BCUT2D eigenvalue weighted by molar-refractivity contribution is 0.261. The van der Waals surface area contributed by atoms with Crippen LogP contribution in [0.3, 0.4) is 0 Å². The quantitative estimate of drug-likeness (QED) is 0.178. The van der Waals surface area contributed by atoms with Crippen molar-refractivity contribution < 1.29 is 0 Å². The van der Waals surface area contributed by atoms with Crippen molar-refractivity contribution in [3.8, 4) is 22.3 Å². The maximum Gasteiger partial charge on any atom is 0.0517 e. The lowest BCUT2D eigenvalue weighted by Crippen LogP contribution is -2.52. The number of para-hydroxylation sites is 1. The molecular formula is C47H39N. The van der Waals surface area contributed by atoms with E-state index in [9.17, 15) is 0 Å². The molecule has 0 N–H and O–H groups in total. The highest BCUT2D eigenvalue weighted by atomic mass is 15.2. The van der Waals surface area contributed by atoms with Crippen LogP contribution < -0.4 is 4.90 Å². The number of hydrogen-bond donors (Lipinski definition) is 0. The molecule has 1 saturated carbocycles. The summed E-state index contributed by atoms with van der Waals surface area (Å²) in [5.41, 5.74) is 9.56. The van der Waals surface area contributed by atoms with Crippen LogP contribution in [0.5, 0.6) is 0 Å². The Kier molecular flexibility index (Phi) is 5.92. The van der Waals surface area contributed by atoms with Crippen molar-refractivity contribution in [1.29, 1.82) is 0 Å². The van der Waals surface area contributed by atoms with Crippen molar-refractivity contribution in [2.24, 2.45) is 0 Å². The van der Waals surface area contributed by atoms with E-state index < -0.39 is 0 Å². The minimum atomic E-state index is 0.0342. The molecule has 0 saturated heterocycles. The Morgan fingerprint density at radius 1 is 0.479 bits per heavy atom. The van der Waals surface area contributed by atoms with E-state index in [-0.39, 0.29) is 11.0 Å². The second kappa shape index (κ2) is 10.2. The lowest BCUT2D eigenvalue weighted by Gasteiger charge is -2.46. The summed E-state index contributed by atoms with van der Waals surface area (Å²) in [5.74, 6) is 0. The second-order valence-electron chi connectivity index (χ2n) is 14.7. The highest BCUT2D eigenvalue weighted by Crippen LogP contribution is 2.60. The van der Waals surface area contributed by atoms with Crippen LogP contribution in [0.15, 0.2) is 140 Å². The Morgan fingerprint density at radius 2 is 1.12 bits per heavy atom. The van der Waals surface area contributed by atoms with Gasteiger partial charge in [-0.1, -0.05) is 141 Å². The van der Waals surface area contributed by atoms with Crippen LogP contribution in [-0.4, -0.2) is 5.54 Å². The molecule has 0 amide bonds. The molecule has 232 valence electrons. The van der Waals surface area contributed by atoms with Crippen LogP contribution >= 0.6 is 0 Å². The molecule has 0 bridgehead atoms. The van der Waals surface area contributed by atoms with Crippen LogP contribution in [0, 0.1) is 0 Å². The second-order valence-corrected chi connectivity index (χ2v) is 14.7. The number of benzene rings is 8. The molecule has 48 heavy (non-hydrogen) atoms. The average molecular weight is 618 g/mol. The standard InChI is InChI=1S/C47H39N/c1-46-28-9-4-10-29-47(46,2)48(35-14-5-3-6-15-35)43-27-22-34(30-42(43)46)37-23-18-32-21-26-41-39(24-19-33-20-25-40(37)44(32)45(33)41)38-17-11-13-31-12-7-8-16-36(31)38/h3,5-8,11-27,30H,4,9-10,28-29H2,1-2H3. The maximum absolute atomic E-state index is 2.69. The largest absolute Gasteiger partial charge is 0.334 e. The van der Waals surface area contributed by atoms with Crippen molar-refractivity contribution in [2.75, 3.05) is 4.90 Å². The molecular weight excluding hydrogens is 579 g/mol. The van der Waals surface area contributed by atoms with E-state index in [0.717, 1.165) is 0 Å². The molecule has 1 nitrogen and oxygen atoms in total. The van der Waals surface area contributed by atoms with Crippen LogP contribution in [0.4, 0.5) is 11.4 Å². The first-order chi connectivity index (χ1) is 23.5. The van der Waals surface area contributed by atoms with Crippen LogP contribution in [0.2, 0.25) is 0 Å². The number of rotatable bonds is 3. The summed E-state index contributed by atoms with van der Waals surface area (Å²) in [6, 6.07) is 52.7. The fraction of sp³-hybridized carbons (Fsp3) is 0.191. The third-order valence-electron chi connectivity index (χ3n) is 12.4. The first kappa shape index (κ1) is 27.9. The molecule has 1 aliphatic carbocycles. The Hall–Kier alpha value is -5.14. The zero-order valence-electron chi connectivity index (χ0n) is 27.8. The molecule has 1 aliphatic heterocycles. The molecule has 10 rings (SSSR count). The highest BCUT2D eigenvalue weighted by Gasteiger charge is 2.56. The summed E-state index contributed by atoms with van der Waals surface area (Å²) in [7, 11) is 0. The van der Waals surface area contributed by atoms with Gasteiger partial charge in [0.15, 0.2) is 0 Å². The van der Waals surface area contributed by atoms with Gasteiger partial charge >= 0.3 is 0 Å². The molecule has 0 radical (unpaired) electrons. The summed E-state index contributed by atoms with van der Waals surface area (Å²) >= 11 is 0. The van der Waals surface area contributed by atoms with Crippen LogP contribution in [0.25, 0.3) is 65.3 Å². The smallest absolute Gasteiger partial charge is 0.0517 e. The normalized spacial score (nSPS) is 20.8. The minimum absolute atomic E-state index is 0.0342. The fourth-order valence-corrected chi connectivity index (χ4v) is 9.81. The van der Waals surface area contributed by atoms with E-state index in [4.69, 9.17) is 0 Å². The van der Waals surface area contributed by atoms with Crippen molar-refractivity contribution in [2.45, 2.75) is 56.9 Å². The maximum atomic E-state index is 2.69. The summed E-state index contributed by atoms with van der Waals surface area (Å²) < 4.78 is 0. The van der Waals surface area contributed by atoms with Gasteiger partial charge in [0.25, 0.3) is 0 Å². The Balaban J connectivity index is 1.20. The van der Waals surface area contributed by atoms with Crippen molar-refractivity contribution in [1.82, 2.24) is 0 Å². The Morgan fingerprint density at radius 3 is 1.94 bits per heavy atom. The SMILES string of the molecule is CC12CCCCCC1(C)N(c1ccccc1)c1ccc(-c3ccc4ccc5c(-c6cccc7ccccc67)ccc6ccc3c4c65)cc12. The van der Waals surface area contributed by atoms with Crippen molar-refractivity contribution in [3.63, 3.8) is 0 Å². The van der Waals surface area contributed by atoms with Crippen LogP contribution in [-0.2, 0) is 5.41 Å². The van der Waals surface area contributed by atoms with Gasteiger partial charge in [-0.25, -0.2) is 0 Å². The van der Waals surface area contributed by atoms with Crippen LogP contribution in [0.1, 0.15) is 51.5 Å². The molecule has 0 aromatic heterocycles. The predicted octanol–water partition coefficient (Wildman–Crippen LogP) is 13.2. The first-order valence-electron chi connectivity index (χ1n) is 17.7. The Labute approximate surface area is 282 Å². The number of hydrogen-bond acceptors (Lipinski definition) is 1. The van der Waals surface area contributed by atoms with Gasteiger partial charge in [0, 0.05) is 16.8 Å². The number of anilines is 2. The van der Waals surface area contributed by atoms with E-state index in [1.807, 2.05) is 0 Å². The zero-order chi connectivity index (χ0) is 32.0. The van der Waals surface area contributed by atoms with E-state index >= 15 is 0 Å². The van der Waals surface area contributed by atoms with E-state index in [1.54, 1.807) is 0 Å². The number of nitrogens with zero attached hydrogens (tertiary/aromatic N) is 1. The van der Waals surface area contributed by atoms with Gasteiger partial charge in [-0.15, -0.1) is 0 Å². The highest BCUT2D eigenvalue weighted by molar-refractivity contribution is 6.28. The molecule has 8 aromatic rings. The van der Waals surface area contributed by atoms with Gasteiger partial charge in [0.05, 0.1) is 5.54 Å². The van der Waals surface area contributed by atoms with Gasteiger partial charge in [-0.3, -0.25) is 0 Å². The molecule has 2 unspecified atom stereocenters. The van der Waals surface area contributed by atoms with E-state index in [0.29, 0.717) is 0 Å². The minimum Gasteiger partial charge on any atom is -0.334 e. The van der Waals surface area contributed by atoms with Gasteiger partial charge < -0.3 is 4.90 Å². The van der Waals surface area contributed by atoms with Gasteiger partial charge in [0.2, 0.25) is 0 Å². The fourth-order valence-electron chi connectivity index (χ4n) is 9.81. The zero-order valence-corrected chi connectivity index (χ0v) is 27.8. The van der Waals surface area contributed by atoms with Crippen molar-refractivity contribution in [3.05, 3.63) is 145 Å². The molecule has 1 heteroatoms. The molecule has 1 heterocycles. The first-order valence-corrected chi connectivity index (χ1v) is 17.7. The van der Waals surface area contributed by atoms with Gasteiger partial charge in [0.1, 0.15) is 0 Å². The summed E-state index contributed by atoms with van der Waals surface area (Å²) in [5, 5.41) is 10.6. The van der Waals surface area contributed by atoms with E-state index in [1.165, 1.54) is 114 Å². The topological polar surface area (TPSA) is 3.24 Å². The van der Waals surface area contributed by atoms with E-state index in [2.05, 4.69) is 158 Å². The predicted molar refractivity (Wildman–Crippen MR) is 206 cm³/mol. The average Bonchev–Trinajstić information content (AvgIpc) is 3.20. The Bertz CT molecular complexity index is 2520. The molecule has 2 atom stereocenters. The number of fused-ring (bicyclic) bond motifs is 4. The summed E-state index contributed by atoms with van der Waals surface area (Å²) in [6.45, 7) is 5.09. The summed E-state index contributed by atoms with van der Waals surface area (Å²) in [4.78, 5) is 2.69. The monoisotopic (exact) mass is 617 g/mol. The van der Waals surface area contributed by atoms with Gasteiger partial charge in [-0.05, 0) is 115 Å².